The fraction of sp³-hybridized carbons (Fsp3) is 0.194. The minimum atomic E-state index is -1.06. The minimum absolute atomic E-state index is 0.253. The van der Waals surface area contributed by atoms with Crippen LogP contribution in [0, 0.1) is 0 Å². The summed E-state index contributed by atoms with van der Waals surface area (Å²) in [5, 5.41) is 1.58. The van der Waals surface area contributed by atoms with Crippen molar-refractivity contribution >= 4 is 33.6 Å². The van der Waals surface area contributed by atoms with E-state index in [-0.39, 0.29) is 5.78 Å². The molecule has 5 aromatic rings. The second-order valence-corrected chi connectivity index (χ2v) is 9.30. The van der Waals surface area contributed by atoms with Crippen LogP contribution in [0.1, 0.15) is 62.9 Å². The van der Waals surface area contributed by atoms with E-state index in [2.05, 4.69) is 4.98 Å². The summed E-state index contributed by atoms with van der Waals surface area (Å²) in [6.45, 7) is 0. The van der Waals surface area contributed by atoms with Crippen molar-refractivity contribution in [3.8, 4) is 0 Å². The minimum Gasteiger partial charge on any atom is -0.445 e. The van der Waals surface area contributed by atoms with Crippen LogP contribution in [-0.2, 0) is 17.6 Å². The van der Waals surface area contributed by atoms with Crippen LogP contribution in [0.3, 0.4) is 0 Å². The molecular formula is C31H26N2O3. The van der Waals surface area contributed by atoms with Gasteiger partial charge in [-0.2, -0.15) is 0 Å². The summed E-state index contributed by atoms with van der Waals surface area (Å²) in [5.74, 6) is -0.731. The molecule has 6 rings (SSSR count). The molecule has 0 radical (unpaired) electrons. The molecule has 2 aromatic heterocycles. The van der Waals surface area contributed by atoms with Gasteiger partial charge in [0, 0.05) is 39.3 Å². The summed E-state index contributed by atoms with van der Waals surface area (Å²) in [6.07, 6.45) is 5.42. The van der Waals surface area contributed by atoms with Crippen LogP contribution >= 0.6 is 0 Å². The normalized spacial score (nSPS) is 14.2. The fourth-order valence-electron chi connectivity index (χ4n) is 5.27. The first-order valence-corrected chi connectivity index (χ1v) is 12.5. The van der Waals surface area contributed by atoms with Crippen LogP contribution in [0.5, 0.6) is 0 Å². The topological polar surface area (TPSA) is 72.1 Å². The zero-order valence-electron chi connectivity index (χ0n) is 19.9. The van der Waals surface area contributed by atoms with E-state index in [9.17, 15) is 9.59 Å². The number of benzene rings is 3. The second kappa shape index (κ2) is 9.42. The highest BCUT2D eigenvalue weighted by Gasteiger charge is 2.31. The number of ether oxygens (including phenoxy) is 1. The summed E-state index contributed by atoms with van der Waals surface area (Å²) in [6, 6.07) is 24.6. The molecule has 1 N–H and O–H groups in total. The average molecular weight is 475 g/mol. The highest BCUT2D eigenvalue weighted by molar-refractivity contribution is 6.12. The number of Topliss-reactive ketones (excluding diaryl/α,β-unsaturated/α-hetero) is 1. The monoisotopic (exact) mass is 474 g/mol. The fourth-order valence-corrected chi connectivity index (χ4v) is 5.27. The molecule has 1 aliphatic carbocycles. The Morgan fingerprint density at radius 1 is 0.806 bits per heavy atom. The first kappa shape index (κ1) is 22.2. The van der Waals surface area contributed by atoms with Gasteiger partial charge in [-0.15, -0.1) is 0 Å². The van der Waals surface area contributed by atoms with E-state index in [4.69, 9.17) is 9.72 Å². The maximum atomic E-state index is 14.0. The van der Waals surface area contributed by atoms with Crippen molar-refractivity contribution in [2.24, 2.45) is 0 Å². The molecule has 36 heavy (non-hydrogen) atoms. The van der Waals surface area contributed by atoms with Gasteiger partial charge >= 0.3 is 5.97 Å². The summed E-state index contributed by atoms with van der Waals surface area (Å²) >= 11 is 0. The molecular weight excluding hydrogens is 448 g/mol. The number of para-hydroxylation sites is 2. The molecule has 0 aliphatic heterocycles. The number of nitrogens with one attached hydrogen (secondary N) is 1. The summed E-state index contributed by atoms with van der Waals surface area (Å²) in [7, 11) is 0. The number of esters is 1. The van der Waals surface area contributed by atoms with Gasteiger partial charge in [-0.1, -0.05) is 73.2 Å². The predicted octanol–water partition coefficient (Wildman–Crippen LogP) is 6.77. The smallest absolute Gasteiger partial charge is 0.340 e. The van der Waals surface area contributed by atoms with Crippen LogP contribution in [0.4, 0.5) is 0 Å². The van der Waals surface area contributed by atoms with Gasteiger partial charge in [0.1, 0.15) is 0 Å². The molecule has 1 unspecified atom stereocenters. The lowest BCUT2D eigenvalue weighted by molar-refractivity contribution is 0.0281. The molecule has 1 aliphatic rings. The van der Waals surface area contributed by atoms with Gasteiger partial charge in [0.15, 0.2) is 6.10 Å². The maximum absolute atomic E-state index is 14.0. The Balaban J connectivity index is 1.45. The number of carbonyl (C=O) groups excluding carboxylic acids is 2. The van der Waals surface area contributed by atoms with Gasteiger partial charge in [0.25, 0.3) is 0 Å². The predicted molar refractivity (Wildman–Crippen MR) is 140 cm³/mol. The third-order valence-corrected chi connectivity index (χ3v) is 7.04. The molecule has 5 nitrogen and oxygen atoms in total. The number of nitrogens with zero attached hydrogens (tertiary/aromatic N) is 1. The lowest BCUT2D eigenvalue weighted by Gasteiger charge is -2.20. The number of aromatic amines is 1. The average Bonchev–Trinajstić information content (AvgIpc) is 3.22. The van der Waals surface area contributed by atoms with Gasteiger partial charge in [0.05, 0.1) is 11.1 Å². The summed E-state index contributed by atoms with van der Waals surface area (Å²) < 4.78 is 6.14. The number of pyridine rings is 1. The first-order chi connectivity index (χ1) is 17.7. The van der Waals surface area contributed by atoms with Gasteiger partial charge in [-0.25, -0.2) is 4.79 Å². The lowest BCUT2D eigenvalue weighted by atomic mass is 9.96. The zero-order valence-corrected chi connectivity index (χ0v) is 19.9. The highest BCUT2D eigenvalue weighted by Crippen LogP contribution is 2.33. The van der Waals surface area contributed by atoms with Crippen LogP contribution in [0.15, 0.2) is 85.1 Å². The van der Waals surface area contributed by atoms with E-state index in [1.807, 2.05) is 78.9 Å². The lowest BCUT2D eigenvalue weighted by Crippen LogP contribution is -2.22. The summed E-state index contributed by atoms with van der Waals surface area (Å²) in [5.41, 5.74) is 5.27. The van der Waals surface area contributed by atoms with Crippen molar-refractivity contribution in [1.82, 2.24) is 9.97 Å². The van der Waals surface area contributed by atoms with E-state index >= 15 is 0 Å². The van der Waals surface area contributed by atoms with Gasteiger partial charge in [-0.05, 0) is 43.4 Å². The summed E-state index contributed by atoms with van der Waals surface area (Å²) in [4.78, 5) is 35.9. The van der Waals surface area contributed by atoms with Crippen molar-refractivity contribution in [1.29, 1.82) is 0 Å². The standard InChI is InChI=1S/C31H26N2O3/c34-29(24-19-32-25-16-9-7-13-21(24)25)30(20-11-3-1-4-12-20)36-31(35)28-22-14-5-2-6-17-26(22)33-27-18-10-8-15-23(27)28/h1,3-4,7-13,15-16,18-19,30,32H,2,5-6,14,17H2. The van der Waals surface area contributed by atoms with Crippen LogP contribution < -0.4 is 0 Å². The van der Waals surface area contributed by atoms with Crippen LogP contribution in [0.2, 0.25) is 0 Å². The Hall–Kier alpha value is -4.25. The number of carbonyl (C=O) groups is 2. The quantitative estimate of drug-likeness (QED) is 0.173. The second-order valence-electron chi connectivity index (χ2n) is 9.30. The Morgan fingerprint density at radius 2 is 1.53 bits per heavy atom. The third kappa shape index (κ3) is 3.97. The van der Waals surface area contributed by atoms with Crippen molar-refractivity contribution in [3.05, 3.63) is 113 Å². The third-order valence-electron chi connectivity index (χ3n) is 7.04. The van der Waals surface area contributed by atoms with Crippen LogP contribution in [0.25, 0.3) is 21.8 Å². The van der Waals surface area contributed by atoms with Gasteiger partial charge in [0.2, 0.25) is 5.78 Å². The number of H-pyrrole nitrogens is 1. The molecule has 5 heteroatoms. The number of rotatable bonds is 5. The van der Waals surface area contributed by atoms with E-state index in [0.717, 1.165) is 65.2 Å². The molecule has 0 saturated heterocycles. The van der Waals surface area contributed by atoms with E-state index in [0.29, 0.717) is 16.7 Å². The number of aromatic nitrogens is 2. The molecule has 0 bridgehead atoms. The molecule has 1 atom stereocenters. The van der Waals surface area contributed by atoms with Gasteiger partial charge < -0.3 is 9.72 Å². The Bertz CT molecular complexity index is 1590. The van der Waals surface area contributed by atoms with Crippen molar-refractivity contribution in [2.75, 3.05) is 0 Å². The van der Waals surface area contributed by atoms with E-state index in [1.54, 1.807) is 6.20 Å². The Kier molecular flexibility index (Phi) is 5.82. The molecule has 178 valence electrons. The first-order valence-electron chi connectivity index (χ1n) is 12.5. The zero-order chi connectivity index (χ0) is 24.5. The molecule has 0 spiro atoms. The number of hydrogen-bond acceptors (Lipinski definition) is 4. The SMILES string of the molecule is O=C(OC(C(=O)c1c[nH]c2ccccc12)c1ccccc1)c1c2c(nc3ccccc13)CCCCC2. The van der Waals surface area contributed by atoms with Crippen molar-refractivity contribution < 1.29 is 14.3 Å². The number of ketones is 1. The highest BCUT2D eigenvalue weighted by atomic mass is 16.5. The van der Waals surface area contributed by atoms with E-state index in [1.165, 1.54) is 0 Å². The maximum Gasteiger partial charge on any atom is 0.340 e. The largest absolute Gasteiger partial charge is 0.445 e. The number of hydrogen-bond donors (Lipinski definition) is 1. The Morgan fingerprint density at radius 3 is 2.39 bits per heavy atom. The van der Waals surface area contributed by atoms with Crippen molar-refractivity contribution in [2.45, 2.75) is 38.2 Å². The van der Waals surface area contributed by atoms with Gasteiger partial charge in [-0.3, -0.25) is 9.78 Å². The molecule has 0 amide bonds. The molecule has 0 saturated carbocycles. The number of fused-ring (bicyclic) bond motifs is 3. The Labute approximate surface area is 209 Å². The van der Waals surface area contributed by atoms with Crippen LogP contribution in [-0.4, -0.2) is 21.7 Å². The molecule has 3 aromatic carbocycles. The van der Waals surface area contributed by atoms with E-state index < -0.39 is 12.1 Å². The number of aryl methyl sites for hydroxylation is 1. The molecule has 0 fully saturated rings. The van der Waals surface area contributed by atoms with Crippen molar-refractivity contribution in [3.63, 3.8) is 0 Å². The molecule has 2 heterocycles.